The number of hydrogen-bond donors (Lipinski definition) is 1. The molecule has 0 spiro atoms. The highest BCUT2D eigenvalue weighted by Gasteiger charge is 2.30. The predicted octanol–water partition coefficient (Wildman–Crippen LogP) is 1.38. The lowest BCUT2D eigenvalue weighted by atomic mass is 10.2. The molecule has 1 amide bonds. The lowest BCUT2D eigenvalue weighted by molar-refractivity contribution is -0.141. The zero-order valence-corrected chi connectivity index (χ0v) is 17.5. The van der Waals surface area contributed by atoms with Crippen molar-refractivity contribution < 1.29 is 17.9 Å². The number of anilines is 1. The number of nitrogens with one attached hydrogen (secondary N) is 1. The van der Waals surface area contributed by atoms with Gasteiger partial charge in [0.2, 0.25) is 10.0 Å². The van der Waals surface area contributed by atoms with Gasteiger partial charge in [0.1, 0.15) is 16.8 Å². The Morgan fingerprint density at radius 3 is 2.50 bits per heavy atom. The molecule has 3 rings (SSSR count). The SMILES string of the molecule is CCC(CC)NS(=O)(=O)c1ccc(N2CCN(C(=O)C3CCCO3)CC2)nc1. The average Bonchev–Trinajstić information content (AvgIpc) is 3.26. The standard InChI is InChI=1S/C19H30N4O4S/c1-3-15(4-2)21-28(25,26)16-7-8-18(20-14-16)22-9-11-23(12-10-22)19(24)17-6-5-13-27-17/h7-8,14-15,17,21H,3-6,9-13H2,1-2H3. The van der Waals surface area contributed by atoms with E-state index in [9.17, 15) is 13.2 Å². The molecule has 1 aromatic rings. The van der Waals surface area contributed by atoms with Crippen molar-refractivity contribution in [2.75, 3.05) is 37.7 Å². The van der Waals surface area contributed by atoms with Crippen LogP contribution in [0.15, 0.2) is 23.2 Å². The Morgan fingerprint density at radius 1 is 1.25 bits per heavy atom. The Morgan fingerprint density at radius 2 is 1.96 bits per heavy atom. The first-order chi connectivity index (χ1) is 13.4. The lowest BCUT2D eigenvalue weighted by Gasteiger charge is -2.36. The molecule has 1 atom stereocenters. The fourth-order valence-corrected chi connectivity index (χ4v) is 4.94. The van der Waals surface area contributed by atoms with Gasteiger partial charge >= 0.3 is 0 Å². The number of hydrogen-bond acceptors (Lipinski definition) is 6. The second-order valence-corrected chi connectivity index (χ2v) is 9.01. The van der Waals surface area contributed by atoms with Crippen LogP contribution in [0.3, 0.4) is 0 Å². The second-order valence-electron chi connectivity index (χ2n) is 7.30. The highest BCUT2D eigenvalue weighted by atomic mass is 32.2. The molecule has 2 fully saturated rings. The van der Waals surface area contributed by atoms with Crippen molar-refractivity contribution in [3.05, 3.63) is 18.3 Å². The molecule has 1 N–H and O–H groups in total. The highest BCUT2D eigenvalue weighted by Crippen LogP contribution is 2.19. The third-order valence-electron chi connectivity index (χ3n) is 5.46. The van der Waals surface area contributed by atoms with Gasteiger partial charge in [-0.05, 0) is 37.8 Å². The Hall–Kier alpha value is -1.71. The van der Waals surface area contributed by atoms with Crippen LogP contribution in [0.1, 0.15) is 39.5 Å². The van der Waals surface area contributed by atoms with Crippen molar-refractivity contribution in [2.24, 2.45) is 0 Å². The first-order valence-electron chi connectivity index (χ1n) is 10.1. The van der Waals surface area contributed by atoms with Gasteiger partial charge in [-0.25, -0.2) is 18.1 Å². The van der Waals surface area contributed by atoms with Crippen LogP contribution in [0.25, 0.3) is 0 Å². The number of nitrogens with zero attached hydrogens (tertiary/aromatic N) is 3. The van der Waals surface area contributed by atoms with Crippen LogP contribution in [-0.4, -0.2) is 69.1 Å². The molecule has 8 nitrogen and oxygen atoms in total. The van der Waals surface area contributed by atoms with Crippen LogP contribution in [0, 0.1) is 0 Å². The Labute approximate surface area is 167 Å². The number of aromatic nitrogens is 1. The number of carbonyl (C=O) groups is 1. The van der Waals surface area contributed by atoms with Crippen molar-refractivity contribution in [3.63, 3.8) is 0 Å². The number of sulfonamides is 1. The van der Waals surface area contributed by atoms with Crippen molar-refractivity contribution in [1.82, 2.24) is 14.6 Å². The molecule has 0 aromatic carbocycles. The molecule has 0 bridgehead atoms. The van der Waals surface area contributed by atoms with Gasteiger partial charge in [0.05, 0.1) is 0 Å². The molecular formula is C19H30N4O4S. The number of rotatable bonds is 7. The van der Waals surface area contributed by atoms with E-state index in [1.807, 2.05) is 18.7 Å². The zero-order chi connectivity index (χ0) is 20.1. The third-order valence-corrected chi connectivity index (χ3v) is 6.96. The van der Waals surface area contributed by atoms with Gasteiger partial charge in [-0.2, -0.15) is 0 Å². The number of ether oxygens (including phenoxy) is 1. The maximum Gasteiger partial charge on any atom is 0.251 e. The molecule has 2 saturated heterocycles. The number of piperazine rings is 1. The average molecular weight is 411 g/mol. The van der Waals surface area contributed by atoms with Crippen LogP contribution >= 0.6 is 0 Å². The van der Waals surface area contributed by atoms with E-state index < -0.39 is 10.0 Å². The van der Waals surface area contributed by atoms with Gasteiger partial charge in [0, 0.05) is 45.0 Å². The first-order valence-corrected chi connectivity index (χ1v) is 11.6. The molecule has 28 heavy (non-hydrogen) atoms. The Bertz CT molecular complexity index is 751. The van der Waals surface area contributed by atoms with Gasteiger partial charge in [0.25, 0.3) is 5.91 Å². The number of amides is 1. The summed E-state index contributed by atoms with van der Waals surface area (Å²) in [7, 11) is -3.56. The normalized spacial score (nSPS) is 20.8. The molecule has 0 saturated carbocycles. The summed E-state index contributed by atoms with van der Waals surface area (Å²) in [6.45, 7) is 7.17. The third kappa shape index (κ3) is 4.82. The second kappa shape index (κ2) is 9.19. The Balaban J connectivity index is 1.58. The van der Waals surface area contributed by atoms with Crippen molar-refractivity contribution in [2.45, 2.75) is 56.6 Å². The molecule has 0 radical (unpaired) electrons. The van der Waals surface area contributed by atoms with Crippen molar-refractivity contribution in [3.8, 4) is 0 Å². The summed E-state index contributed by atoms with van der Waals surface area (Å²) in [4.78, 5) is 20.9. The minimum Gasteiger partial charge on any atom is -0.368 e. The van der Waals surface area contributed by atoms with Crippen molar-refractivity contribution >= 4 is 21.7 Å². The smallest absolute Gasteiger partial charge is 0.251 e. The lowest BCUT2D eigenvalue weighted by Crippen LogP contribution is -2.51. The molecular weight excluding hydrogens is 380 g/mol. The first kappa shape index (κ1) is 21.0. The fourth-order valence-electron chi connectivity index (χ4n) is 3.59. The molecule has 1 unspecified atom stereocenters. The minimum absolute atomic E-state index is 0.0702. The van der Waals surface area contributed by atoms with E-state index in [1.54, 1.807) is 12.1 Å². The molecule has 0 aliphatic carbocycles. The molecule has 1 aromatic heterocycles. The summed E-state index contributed by atoms with van der Waals surface area (Å²) in [5, 5.41) is 0. The zero-order valence-electron chi connectivity index (χ0n) is 16.6. The largest absolute Gasteiger partial charge is 0.368 e. The predicted molar refractivity (Wildman–Crippen MR) is 107 cm³/mol. The van der Waals surface area contributed by atoms with Crippen LogP contribution < -0.4 is 9.62 Å². The van der Waals surface area contributed by atoms with E-state index in [4.69, 9.17) is 4.74 Å². The summed E-state index contributed by atoms with van der Waals surface area (Å²) in [6, 6.07) is 3.26. The van der Waals surface area contributed by atoms with E-state index in [0.717, 1.165) is 31.5 Å². The summed E-state index contributed by atoms with van der Waals surface area (Å²) in [5.41, 5.74) is 0. The molecule has 156 valence electrons. The van der Waals surface area contributed by atoms with E-state index >= 15 is 0 Å². The summed E-state index contributed by atoms with van der Waals surface area (Å²) >= 11 is 0. The summed E-state index contributed by atoms with van der Waals surface area (Å²) in [6.07, 6.45) is 4.37. The maximum atomic E-state index is 12.5. The van der Waals surface area contributed by atoms with Gasteiger partial charge in [-0.3, -0.25) is 4.79 Å². The minimum atomic E-state index is -3.56. The number of carbonyl (C=O) groups excluding carboxylic acids is 1. The van der Waals surface area contributed by atoms with Gasteiger partial charge < -0.3 is 14.5 Å². The Kier molecular flexibility index (Phi) is 6.90. The van der Waals surface area contributed by atoms with Crippen LogP contribution in [-0.2, 0) is 19.6 Å². The molecule has 2 aliphatic rings. The van der Waals surface area contributed by atoms with Gasteiger partial charge in [-0.1, -0.05) is 13.8 Å². The highest BCUT2D eigenvalue weighted by molar-refractivity contribution is 7.89. The van der Waals surface area contributed by atoms with E-state index in [-0.39, 0.29) is 22.9 Å². The summed E-state index contributed by atoms with van der Waals surface area (Å²) < 4.78 is 33.1. The quantitative estimate of drug-likeness (QED) is 0.730. The van der Waals surface area contributed by atoms with Gasteiger partial charge in [-0.15, -0.1) is 0 Å². The molecule has 3 heterocycles. The maximum absolute atomic E-state index is 12.5. The summed E-state index contributed by atoms with van der Waals surface area (Å²) in [5.74, 6) is 0.810. The topological polar surface area (TPSA) is 91.8 Å². The van der Waals surface area contributed by atoms with E-state index in [1.165, 1.54) is 6.20 Å². The molecule has 9 heteroatoms. The van der Waals surface area contributed by atoms with Crippen molar-refractivity contribution in [1.29, 1.82) is 0 Å². The number of pyridine rings is 1. The van der Waals surface area contributed by atoms with Crippen LogP contribution in [0.4, 0.5) is 5.82 Å². The monoisotopic (exact) mass is 410 g/mol. The fraction of sp³-hybridized carbons (Fsp3) is 0.684. The van der Waals surface area contributed by atoms with Crippen LogP contribution in [0.5, 0.6) is 0 Å². The van der Waals surface area contributed by atoms with E-state index in [2.05, 4.69) is 14.6 Å². The molecule has 2 aliphatic heterocycles. The van der Waals surface area contributed by atoms with E-state index in [0.29, 0.717) is 32.8 Å². The van der Waals surface area contributed by atoms with Crippen LogP contribution in [0.2, 0.25) is 0 Å². The van der Waals surface area contributed by atoms with Gasteiger partial charge in [0.15, 0.2) is 0 Å².